The highest BCUT2D eigenvalue weighted by molar-refractivity contribution is 6.32. The van der Waals surface area contributed by atoms with Crippen LogP contribution in [-0.4, -0.2) is 59.7 Å². The molecule has 0 bridgehead atoms. The van der Waals surface area contributed by atoms with Gasteiger partial charge in [0.05, 0.1) is 11.9 Å². The van der Waals surface area contributed by atoms with Gasteiger partial charge in [-0.3, -0.25) is 9.79 Å². The molecular formula is C20H25ClN8O. The SMILES string of the molecule is NC=C(C=NCC(=O)N1CCNCC1)Nc1ncc(Cl)c(NCc2ccccc2)n1. The van der Waals surface area contributed by atoms with Gasteiger partial charge in [-0.15, -0.1) is 0 Å². The third-order valence-electron chi connectivity index (χ3n) is 4.41. The molecule has 2 heterocycles. The molecule has 1 aliphatic rings. The fourth-order valence-corrected chi connectivity index (χ4v) is 2.97. The van der Waals surface area contributed by atoms with Crippen LogP contribution in [-0.2, 0) is 11.3 Å². The minimum Gasteiger partial charge on any atom is -0.403 e. The first-order valence-electron chi connectivity index (χ1n) is 9.63. The zero-order valence-corrected chi connectivity index (χ0v) is 17.3. The molecule has 0 unspecified atom stereocenters. The Morgan fingerprint density at radius 3 is 2.80 bits per heavy atom. The van der Waals surface area contributed by atoms with Crippen LogP contribution in [0.1, 0.15) is 5.56 Å². The normalized spacial score (nSPS) is 14.7. The first-order chi connectivity index (χ1) is 14.7. The van der Waals surface area contributed by atoms with Gasteiger partial charge in [-0.2, -0.15) is 4.98 Å². The average Bonchev–Trinajstić information content (AvgIpc) is 2.79. The summed E-state index contributed by atoms with van der Waals surface area (Å²) in [4.78, 5) is 26.7. The van der Waals surface area contributed by atoms with Gasteiger partial charge in [0.25, 0.3) is 0 Å². The Bertz CT molecular complexity index is 897. The Morgan fingerprint density at radius 2 is 2.07 bits per heavy atom. The maximum absolute atomic E-state index is 12.2. The largest absolute Gasteiger partial charge is 0.403 e. The second-order valence-corrected chi connectivity index (χ2v) is 6.98. The predicted molar refractivity (Wildman–Crippen MR) is 120 cm³/mol. The number of piperazine rings is 1. The van der Waals surface area contributed by atoms with Crippen molar-refractivity contribution in [3.8, 4) is 0 Å². The van der Waals surface area contributed by atoms with Crippen molar-refractivity contribution in [3.63, 3.8) is 0 Å². The molecule has 9 nitrogen and oxygen atoms in total. The Kier molecular flexibility index (Phi) is 7.99. The van der Waals surface area contributed by atoms with E-state index in [-0.39, 0.29) is 12.5 Å². The van der Waals surface area contributed by atoms with Crippen molar-refractivity contribution in [1.29, 1.82) is 0 Å². The molecule has 1 amide bonds. The molecule has 0 spiro atoms. The number of rotatable bonds is 8. The van der Waals surface area contributed by atoms with Crippen LogP contribution < -0.4 is 21.7 Å². The predicted octanol–water partition coefficient (Wildman–Crippen LogP) is 1.46. The summed E-state index contributed by atoms with van der Waals surface area (Å²) in [5, 5.41) is 9.79. The van der Waals surface area contributed by atoms with Gasteiger partial charge in [0, 0.05) is 45.1 Å². The standard InChI is InChI=1S/C20H25ClN8O/c21-17-13-26-20(28-19(17)25-11-15-4-2-1-3-5-15)27-16(10-22)12-24-14-18(30)29-8-6-23-7-9-29/h1-5,10,12-13,23H,6-9,11,14,22H2,(H2,25,26,27,28). The summed E-state index contributed by atoms with van der Waals surface area (Å²) >= 11 is 6.20. The summed E-state index contributed by atoms with van der Waals surface area (Å²) in [6.07, 6.45) is 4.34. The van der Waals surface area contributed by atoms with Crippen LogP contribution in [0.15, 0.2) is 53.4 Å². The van der Waals surface area contributed by atoms with Crippen molar-refractivity contribution in [2.24, 2.45) is 10.7 Å². The molecule has 1 aromatic carbocycles. The Hall–Kier alpha value is -3.17. The van der Waals surface area contributed by atoms with Crippen molar-refractivity contribution >= 4 is 35.5 Å². The minimum absolute atomic E-state index is 0.0146. The van der Waals surface area contributed by atoms with E-state index in [0.717, 1.165) is 18.7 Å². The van der Waals surface area contributed by atoms with E-state index in [4.69, 9.17) is 17.3 Å². The number of nitrogens with one attached hydrogen (secondary N) is 3. The lowest BCUT2D eigenvalue weighted by Gasteiger charge is -2.26. The summed E-state index contributed by atoms with van der Waals surface area (Å²) in [5.74, 6) is 0.797. The fraction of sp³-hybridized carbons (Fsp3) is 0.300. The third-order valence-corrected chi connectivity index (χ3v) is 4.69. The summed E-state index contributed by atoms with van der Waals surface area (Å²) in [6.45, 7) is 3.64. The first kappa shape index (κ1) is 21.5. The first-order valence-corrected chi connectivity index (χ1v) is 10.0. The number of benzene rings is 1. The number of carbonyl (C=O) groups excluding carboxylic acids is 1. The molecule has 158 valence electrons. The van der Waals surface area contributed by atoms with Crippen LogP contribution in [0.2, 0.25) is 5.02 Å². The van der Waals surface area contributed by atoms with E-state index in [1.807, 2.05) is 30.3 Å². The molecule has 10 heteroatoms. The van der Waals surface area contributed by atoms with Crippen molar-refractivity contribution in [3.05, 3.63) is 59.0 Å². The van der Waals surface area contributed by atoms with Crippen LogP contribution >= 0.6 is 11.6 Å². The molecular weight excluding hydrogens is 404 g/mol. The fourth-order valence-electron chi connectivity index (χ4n) is 2.82. The molecule has 1 aliphatic heterocycles. The van der Waals surface area contributed by atoms with Crippen LogP contribution in [0.3, 0.4) is 0 Å². The highest BCUT2D eigenvalue weighted by atomic mass is 35.5. The smallest absolute Gasteiger partial charge is 0.244 e. The van der Waals surface area contributed by atoms with Gasteiger partial charge < -0.3 is 26.6 Å². The van der Waals surface area contributed by atoms with E-state index in [2.05, 4.69) is 30.9 Å². The van der Waals surface area contributed by atoms with Gasteiger partial charge in [0.2, 0.25) is 11.9 Å². The lowest BCUT2D eigenvalue weighted by atomic mass is 10.2. The molecule has 1 saturated heterocycles. The lowest BCUT2D eigenvalue weighted by Crippen LogP contribution is -2.47. The van der Waals surface area contributed by atoms with Gasteiger partial charge >= 0.3 is 0 Å². The number of anilines is 2. The number of hydrogen-bond acceptors (Lipinski definition) is 8. The molecule has 1 aromatic heterocycles. The summed E-state index contributed by atoms with van der Waals surface area (Å²) in [5.41, 5.74) is 7.24. The molecule has 0 radical (unpaired) electrons. The van der Waals surface area contributed by atoms with Crippen molar-refractivity contribution in [2.75, 3.05) is 43.4 Å². The van der Waals surface area contributed by atoms with E-state index in [0.29, 0.717) is 42.1 Å². The second-order valence-electron chi connectivity index (χ2n) is 6.58. The summed E-state index contributed by atoms with van der Waals surface area (Å²) in [7, 11) is 0. The Balaban J connectivity index is 1.56. The van der Waals surface area contributed by atoms with Gasteiger partial charge in [-0.05, 0) is 5.56 Å². The van der Waals surface area contributed by atoms with Gasteiger partial charge in [0.1, 0.15) is 11.6 Å². The molecule has 30 heavy (non-hydrogen) atoms. The van der Waals surface area contributed by atoms with Crippen molar-refractivity contribution < 1.29 is 4.79 Å². The summed E-state index contributed by atoms with van der Waals surface area (Å²) < 4.78 is 0. The molecule has 2 aromatic rings. The number of amides is 1. The second kappa shape index (κ2) is 11.1. The monoisotopic (exact) mass is 428 g/mol. The quantitative estimate of drug-likeness (QED) is 0.469. The number of nitrogens with two attached hydrogens (primary N) is 1. The van der Waals surface area contributed by atoms with Crippen LogP contribution in [0.4, 0.5) is 11.8 Å². The number of aliphatic imine (C=N–C) groups is 1. The Labute approximate surface area is 180 Å². The number of nitrogens with zero attached hydrogens (tertiary/aromatic N) is 4. The molecule has 0 saturated carbocycles. The zero-order chi connectivity index (χ0) is 21.2. The minimum atomic E-state index is -0.0146. The van der Waals surface area contributed by atoms with E-state index in [1.54, 1.807) is 4.90 Å². The van der Waals surface area contributed by atoms with E-state index >= 15 is 0 Å². The lowest BCUT2D eigenvalue weighted by molar-refractivity contribution is -0.130. The van der Waals surface area contributed by atoms with E-state index in [9.17, 15) is 4.79 Å². The van der Waals surface area contributed by atoms with Gasteiger partial charge in [0.15, 0.2) is 5.82 Å². The highest BCUT2D eigenvalue weighted by Gasteiger charge is 2.15. The topological polar surface area (TPSA) is 121 Å². The van der Waals surface area contributed by atoms with Gasteiger partial charge in [-0.25, -0.2) is 4.98 Å². The Morgan fingerprint density at radius 1 is 1.30 bits per heavy atom. The molecule has 3 rings (SSSR count). The number of carbonyl (C=O) groups is 1. The molecule has 0 atom stereocenters. The molecule has 0 aliphatic carbocycles. The van der Waals surface area contributed by atoms with Gasteiger partial charge in [-0.1, -0.05) is 41.9 Å². The number of halogens is 1. The van der Waals surface area contributed by atoms with Crippen LogP contribution in [0.25, 0.3) is 0 Å². The van der Waals surface area contributed by atoms with E-state index < -0.39 is 0 Å². The highest BCUT2D eigenvalue weighted by Crippen LogP contribution is 2.20. The maximum atomic E-state index is 12.2. The number of aromatic nitrogens is 2. The molecule has 1 fully saturated rings. The third kappa shape index (κ3) is 6.43. The summed E-state index contributed by atoms with van der Waals surface area (Å²) in [6, 6.07) is 9.92. The van der Waals surface area contributed by atoms with Crippen molar-refractivity contribution in [2.45, 2.75) is 6.54 Å². The number of allylic oxidation sites excluding steroid dienone is 1. The van der Waals surface area contributed by atoms with E-state index in [1.165, 1.54) is 18.6 Å². The maximum Gasteiger partial charge on any atom is 0.244 e. The van der Waals surface area contributed by atoms with Crippen LogP contribution in [0.5, 0.6) is 0 Å². The number of hydrogen-bond donors (Lipinski definition) is 4. The van der Waals surface area contributed by atoms with Crippen LogP contribution in [0, 0.1) is 0 Å². The van der Waals surface area contributed by atoms with Crippen molar-refractivity contribution in [1.82, 2.24) is 20.2 Å². The zero-order valence-electron chi connectivity index (χ0n) is 16.5. The molecule has 5 N–H and O–H groups in total. The average molecular weight is 429 g/mol.